The predicted molar refractivity (Wildman–Crippen MR) is 53.0 cm³/mol. The summed E-state index contributed by atoms with van der Waals surface area (Å²) in [6, 6.07) is 0. The largest absolute Gasteiger partial charge is 0.378 e. The number of nitrogens with two attached hydrogens (primary N) is 1. The molecule has 0 saturated heterocycles. The molecule has 0 spiro atoms. The third-order valence-electron chi connectivity index (χ3n) is 1.31. The van der Waals surface area contributed by atoms with Gasteiger partial charge in [-0.3, -0.25) is 0 Å². The number of hydrogen-bond acceptors (Lipinski definition) is 6. The van der Waals surface area contributed by atoms with E-state index in [1.165, 1.54) is 11.3 Å². The van der Waals surface area contributed by atoms with Crippen molar-refractivity contribution in [2.75, 3.05) is 31.6 Å². The van der Waals surface area contributed by atoms with Crippen LogP contribution in [0.15, 0.2) is 0 Å². The first kappa shape index (κ1) is 10.4. The molecule has 0 aliphatic rings. The lowest BCUT2D eigenvalue weighted by Crippen LogP contribution is -2.14. The first-order chi connectivity index (χ1) is 6.33. The molecule has 1 aromatic heterocycles. The van der Waals surface area contributed by atoms with Crippen LogP contribution in [-0.2, 0) is 4.74 Å². The van der Waals surface area contributed by atoms with Crippen LogP contribution in [0.4, 0.5) is 5.13 Å². The van der Waals surface area contributed by atoms with Crippen molar-refractivity contribution >= 4 is 16.5 Å². The van der Waals surface area contributed by atoms with E-state index in [-0.39, 0.29) is 0 Å². The van der Waals surface area contributed by atoms with E-state index >= 15 is 0 Å². The minimum atomic E-state index is 0.567. The molecule has 13 heavy (non-hydrogen) atoms. The van der Waals surface area contributed by atoms with Gasteiger partial charge in [0.1, 0.15) is 5.01 Å². The molecule has 5 nitrogen and oxygen atoms in total. The minimum absolute atomic E-state index is 0.567. The lowest BCUT2D eigenvalue weighted by Gasteiger charge is -2.02. The van der Waals surface area contributed by atoms with Crippen molar-refractivity contribution in [1.82, 2.24) is 10.2 Å². The lowest BCUT2D eigenvalue weighted by atomic mass is 10.6. The molecule has 3 N–H and O–H groups in total. The van der Waals surface area contributed by atoms with Crippen LogP contribution in [-0.4, -0.2) is 36.5 Å². The summed E-state index contributed by atoms with van der Waals surface area (Å²) in [4.78, 5) is 0. The summed E-state index contributed by atoms with van der Waals surface area (Å²) in [7, 11) is 0. The molecule has 0 aliphatic heterocycles. The third-order valence-corrected chi connectivity index (χ3v) is 2.11. The van der Waals surface area contributed by atoms with Gasteiger partial charge in [0.15, 0.2) is 0 Å². The van der Waals surface area contributed by atoms with E-state index in [2.05, 4.69) is 15.5 Å². The van der Waals surface area contributed by atoms with Crippen molar-refractivity contribution in [3.8, 4) is 0 Å². The number of rotatable bonds is 6. The maximum absolute atomic E-state index is 5.26. The highest BCUT2D eigenvalue weighted by Crippen LogP contribution is 2.12. The summed E-state index contributed by atoms with van der Waals surface area (Å²) < 4.78 is 5.18. The Morgan fingerprint density at radius 1 is 1.46 bits per heavy atom. The average molecular weight is 202 g/mol. The van der Waals surface area contributed by atoms with Gasteiger partial charge in [0.25, 0.3) is 0 Å². The summed E-state index contributed by atoms with van der Waals surface area (Å²) in [5.41, 5.74) is 5.26. The number of anilines is 1. The van der Waals surface area contributed by atoms with Crippen LogP contribution in [0, 0.1) is 6.92 Å². The Hall–Kier alpha value is -0.720. The van der Waals surface area contributed by atoms with Crippen LogP contribution in [0.5, 0.6) is 0 Å². The highest BCUT2D eigenvalue weighted by atomic mass is 32.1. The van der Waals surface area contributed by atoms with Gasteiger partial charge < -0.3 is 15.8 Å². The van der Waals surface area contributed by atoms with Crippen molar-refractivity contribution in [3.05, 3.63) is 5.01 Å². The molecule has 0 fully saturated rings. The number of aromatic nitrogens is 2. The van der Waals surface area contributed by atoms with E-state index in [1.54, 1.807) is 0 Å². The molecule has 6 heteroatoms. The number of nitrogens with one attached hydrogen (secondary N) is 1. The van der Waals surface area contributed by atoms with Crippen molar-refractivity contribution in [3.63, 3.8) is 0 Å². The molecule has 0 saturated carbocycles. The number of nitrogens with zero attached hydrogens (tertiary/aromatic N) is 2. The van der Waals surface area contributed by atoms with E-state index in [0.717, 1.165) is 16.7 Å². The van der Waals surface area contributed by atoms with Crippen molar-refractivity contribution < 1.29 is 4.74 Å². The fraction of sp³-hybridized carbons (Fsp3) is 0.714. The van der Waals surface area contributed by atoms with E-state index in [9.17, 15) is 0 Å². The summed E-state index contributed by atoms with van der Waals surface area (Å²) >= 11 is 1.54. The molecule has 0 unspecified atom stereocenters. The van der Waals surface area contributed by atoms with Gasteiger partial charge in [-0.15, -0.1) is 10.2 Å². The van der Waals surface area contributed by atoms with Crippen molar-refractivity contribution in [2.45, 2.75) is 6.92 Å². The highest BCUT2D eigenvalue weighted by molar-refractivity contribution is 7.15. The van der Waals surface area contributed by atoms with Crippen LogP contribution in [0.3, 0.4) is 0 Å². The standard InChI is InChI=1S/C7H14N4OS/c1-6-10-11-7(13-6)9-3-5-12-4-2-8/h2-5,8H2,1H3,(H,9,11). The number of hydrogen-bond donors (Lipinski definition) is 2. The zero-order valence-corrected chi connectivity index (χ0v) is 8.43. The Morgan fingerprint density at radius 3 is 2.92 bits per heavy atom. The predicted octanol–water partition coefficient (Wildman–Crippen LogP) is 0.234. The normalized spacial score (nSPS) is 10.3. The van der Waals surface area contributed by atoms with Gasteiger partial charge in [0.05, 0.1) is 13.2 Å². The molecule has 1 aromatic rings. The van der Waals surface area contributed by atoms with Crippen LogP contribution in [0.1, 0.15) is 5.01 Å². The van der Waals surface area contributed by atoms with Gasteiger partial charge in [-0.05, 0) is 6.92 Å². The van der Waals surface area contributed by atoms with Crippen molar-refractivity contribution in [2.24, 2.45) is 5.73 Å². The Labute approximate surface area is 81.3 Å². The topological polar surface area (TPSA) is 73.1 Å². The molecule has 0 bridgehead atoms. The van der Waals surface area contributed by atoms with Crippen LogP contribution in [0.25, 0.3) is 0 Å². The summed E-state index contributed by atoms with van der Waals surface area (Å²) in [6.07, 6.45) is 0. The molecule has 0 amide bonds. The molecular weight excluding hydrogens is 188 g/mol. The lowest BCUT2D eigenvalue weighted by molar-refractivity contribution is 0.151. The Bertz CT molecular complexity index is 240. The van der Waals surface area contributed by atoms with Gasteiger partial charge >= 0.3 is 0 Å². The second-order valence-corrected chi connectivity index (χ2v) is 3.64. The van der Waals surface area contributed by atoms with E-state index in [0.29, 0.717) is 19.8 Å². The fourth-order valence-corrected chi connectivity index (χ4v) is 1.40. The van der Waals surface area contributed by atoms with E-state index in [1.807, 2.05) is 6.92 Å². The maximum atomic E-state index is 5.26. The highest BCUT2D eigenvalue weighted by Gasteiger charge is 1.97. The second-order valence-electron chi connectivity index (χ2n) is 2.45. The van der Waals surface area contributed by atoms with Crippen LogP contribution < -0.4 is 11.1 Å². The van der Waals surface area contributed by atoms with Gasteiger partial charge in [-0.2, -0.15) is 0 Å². The SMILES string of the molecule is Cc1nnc(NCCOCCN)s1. The van der Waals surface area contributed by atoms with Gasteiger partial charge in [-0.1, -0.05) is 11.3 Å². The second kappa shape index (κ2) is 5.85. The molecule has 74 valence electrons. The Kier molecular flexibility index (Phi) is 4.66. The first-order valence-electron chi connectivity index (χ1n) is 4.14. The van der Waals surface area contributed by atoms with E-state index in [4.69, 9.17) is 10.5 Å². The Morgan fingerprint density at radius 2 is 2.31 bits per heavy atom. The maximum Gasteiger partial charge on any atom is 0.205 e. The number of aryl methyl sites for hydroxylation is 1. The zero-order valence-electron chi connectivity index (χ0n) is 7.62. The number of ether oxygens (including phenoxy) is 1. The Balaban J connectivity index is 2.06. The van der Waals surface area contributed by atoms with Crippen LogP contribution >= 0.6 is 11.3 Å². The molecule has 0 aliphatic carbocycles. The smallest absolute Gasteiger partial charge is 0.205 e. The van der Waals surface area contributed by atoms with Gasteiger partial charge in [0.2, 0.25) is 5.13 Å². The van der Waals surface area contributed by atoms with Gasteiger partial charge in [0, 0.05) is 13.1 Å². The fourth-order valence-electron chi connectivity index (χ4n) is 0.784. The molecule has 1 rings (SSSR count). The van der Waals surface area contributed by atoms with Crippen molar-refractivity contribution in [1.29, 1.82) is 0 Å². The monoisotopic (exact) mass is 202 g/mol. The van der Waals surface area contributed by atoms with Gasteiger partial charge in [-0.25, -0.2) is 0 Å². The average Bonchev–Trinajstić information content (AvgIpc) is 2.51. The molecule has 0 aromatic carbocycles. The molecular formula is C7H14N4OS. The minimum Gasteiger partial charge on any atom is -0.378 e. The zero-order chi connectivity index (χ0) is 9.52. The molecule has 1 heterocycles. The first-order valence-corrected chi connectivity index (χ1v) is 4.96. The van der Waals surface area contributed by atoms with E-state index < -0.39 is 0 Å². The van der Waals surface area contributed by atoms with Crippen LogP contribution in [0.2, 0.25) is 0 Å². The molecule has 0 atom stereocenters. The summed E-state index contributed by atoms with van der Waals surface area (Å²) in [5.74, 6) is 0. The molecule has 0 radical (unpaired) electrons. The summed E-state index contributed by atoms with van der Waals surface area (Å²) in [5, 5.41) is 12.7. The summed E-state index contributed by atoms with van der Waals surface area (Å²) in [6.45, 7) is 4.49. The third kappa shape index (κ3) is 4.16. The quantitative estimate of drug-likeness (QED) is 0.646.